The fourth-order valence-corrected chi connectivity index (χ4v) is 1.45. The topological polar surface area (TPSA) is 0 Å². The molecule has 1 aliphatic carbocycles. The van der Waals surface area contributed by atoms with Gasteiger partial charge in [-0.3, -0.25) is 0 Å². The van der Waals surface area contributed by atoms with E-state index in [0.29, 0.717) is 0 Å². The van der Waals surface area contributed by atoms with Crippen LogP contribution in [0.4, 0.5) is 0 Å². The second kappa shape index (κ2) is 3.05. The molecule has 0 aliphatic heterocycles. The summed E-state index contributed by atoms with van der Waals surface area (Å²) in [7, 11) is 0. The van der Waals surface area contributed by atoms with E-state index in [1.165, 1.54) is 16.7 Å². The number of fused-ring (bicyclic) bond motifs is 1. The van der Waals surface area contributed by atoms with E-state index >= 15 is 0 Å². The lowest BCUT2D eigenvalue weighted by molar-refractivity contribution is 1.20. The van der Waals surface area contributed by atoms with Crippen molar-refractivity contribution in [1.29, 1.82) is 0 Å². The van der Waals surface area contributed by atoms with Gasteiger partial charge in [-0.25, -0.2) is 0 Å². The van der Waals surface area contributed by atoms with E-state index in [4.69, 9.17) is 0 Å². The highest BCUT2D eigenvalue weighted by Crippen LogP contribution is 2.23. The summed E-state index contributed by atoms with van der Waals surface area (Å²) in [6, 6.07) is 8.56. The van der Waals surface area contributed by atoms with Crippen LogP contribution in [0.15, 0.2) is 29.8 Å². The number of rotatable bonds is 0. The molecule has 0 amide bonds. The Morgan fingerprint density at radius 3 is 2.64 bits per heavy atom. The van der Waals surface area contributed by atoms with Crippen LogP contribution in [0.25, 0.3) is 6.08 Å². The molecule has 0 saturated heterocycles. The number of benzene rings is 1. The van der Waals surface area contributed by atoms with Crippen LogP contribution < -0.4 is 0 Å². The van der Waals surface area contributed by atoms with Crippen molar-refractivity contribution in [2.45, 2.75) is 13.3 Å². The minimum Gasteiger partial charge on any atom is -0.0683 e. The number of allylic oxidation sites excluding steroid dienone is 1. The molecule has 0 heterocycles. The number of hydrogen-bond donors (Lipinski definition) is 0. The molecule has 11 heavy (non-hydrogen) atoms. The molecule has 0 bridgehead atoms. The summed E-state index contributed by atoms with van der Waals surface area (Å²) in [5.41, 5.74) is 4.35. The highest BCUT2D eigenvalue weighted by atomic mass is 28.1. The third-order valence-corrected chi connectivity index (χ3v) is 1.93. The molecule has 0 unspecified atom stereocenters. The van der Waals surface area contributed by atoms with Crippen LogP contribution in [-0.2, 0) is 6.42 Å². The summed E-state index contributed by atoms with van der Waals surface area (Å²) < 4.78 is 0. The second-order valence-corrected chi connectivity index (χ2v) is 2.87. The van der Waals surface area contributed by atoms with Crippen molar-refractivity contribution in [3.8, 4) is 0 Å². The second-order valence-electron chi connectivity index (χ2n) is 2.87. The summed E-state index contributed by atoms with van der Waals surface area (Å²) >= 11 is 0. The summed E-state index contributed by atoms with van der Waals surface area (Å²) in [4.78, 5) is 0. The molecule has 1 aromatic carbocycles. The summed E-state index contributed by atoms with van der Waals surface area (Å²) in [5, 5.41) is 0. The van der Waals surface area contributed by atoms with Gasteiger partial charge in [-0.15, -0.1) is 0 Å². The van der Waals surface area contributed by atoms with Crippen molar-refractivity contribution in [3.05, 3.63) is 41.0 Å². The van der Waals surface area contributed by atoms with E-state index < -0.39 is 0 Å². The predicted molar refractivity (Wildman–Crippen MR) is 49.6 cm³/mol. The number of hydrogen-bond acceptors (Lipinski definition) is 0. The van der Waals surface area contributed by atoms with Gasteiger partial charge >= 0.3 is 0 Å². The summed E-state index contributed by atoms with van der Waals surface area (Å²) in [6.07, 6.45) is 3.41. The Kier molecular flexibility index (Phi) is 2.30. The van der Waals surface area contributed by atoms with Crippen molar-refractivity contribution in [1.82, 2.24) is 0 Å². The zero-order chi connectivity index (χ0) is 6.97. The Morgan fingerprint density at radius 2 is 1.91 bits per heavy atom. The van der Waals surface area contributed by atoms with Crippen molar-refractivity contribution in [2.24, 2.45) is 0 Å². The van der Waals surface area contributed by atoms with Gasteiger partial charge in [0.15, 0.2) is 0 Å². The Hall–Kier alpha value is -0.823. The van der Waals surface area contributed by atoms with Gasteiger partial charge < -0.3 is 0 Å². The maximum Gasteiger partial charge on any atom is 0 e. The van der Waals surface area contributed by atoms with Gasteiger partial charge in [0, 0.05) is 11.0 Å². The minimum absolute atomic E-state index is 0. The molecule has 2 rings (SSSR count). The smallest absolute Gasteiger partial charge is 0 e. The normalized spacial score (nSPS) is 13.4. The molecule has 0 aromatic heterocycles. The van der Waals surface area contributed by atoms with Crippen LogP contribution in [0, 0.1) is 0 Å². The van der Waals surface area contributed by atoms with Crippen LogP contribution in [-0.4, -0.2) is 11.0 Å². The summed E-state index contributed by atoms with van der Waals surface area (Å²) in [6.45, 7) is 2.18. The minimum atomic E-state index is 0. The molecule has 54 valence electrons. The Labute approximate surface area is 72.0 Å². The lowest BCUT2D eigenvalue weighted by atomic mass is 10.1. The Bertz CT molecular complexity index is 287. The van der Waals surface area contributed by atoms with Crippen LogP contribution in [0.1, 0.15) is 18.1 Å². The molecular weight excluding hydrogens is 148 g/mol. The highest BCUT2D eigenvalue weighted by Gasteiger charge is 2.06. The van der Waals surface area contributed by atoms with Gasteiger partial charge in [-0.05, 0) is 24.5 Å². The molecular formula is C10H10Si. The molecule has 0 spiro atoms. The molecule has 1 aromatic rings. The van der Waals surface area contributed by atoms with Gasteiger partial charge in [0.25, 0.3) is 0 Å². The van der Waals surface area contributed by atoms with Crippen LogP contribution >= 0.6 is 0 Å². The van der Waals surface area contributed by atoms with Crippen molar-refractivity contribution < 1.29 is 0 Å². The lowest BCUT2D eigenvalue weighted by Gasteiger charge is -1.93. The van der Waals surface area contributed by atoms with Gasteiger partial charge in [0.1, 0.15) is 0 Å². The zero-order valence-electron chi connectivity index (χ0n) is 6.59. The van der Waals surface area contributed by atoms with Crippen molar-refractivity contribution in [2.75, 3.05) is 0 Å². The molecule has 0 atom stereocenters. The van der Waals surface area contributed by atoms with Crippen molar-refractivity contribution in [3.63, 3.8) is 0 Å². The molecule has 0 fully saturated rings. The predicted octanol–water partition coefficient (Wildman–Crippen LogP) is 2.27. The van der Waals surface area contributed by atoms with Crippen LogP contribution in [0.2, 0.25) is 0 Å². The molecule has 1 aliphatic rings. The Balaban J connectivity index is 0.000000605. The Morgan fingerprint density at radius 1 is 1.18 bits per heavy atom. The first-order chi connectivity index (χ1) is 4.86. The lowest BCUT2D eigenvalue weighted by Crippen LogP contribution is -1.79. The van der Waals surface area contributed by atoms with Gasteiger partial charge in [-0.1, -0.05) is 35.9 Å². The van der Waals surface area contributed by atoms with Gasteiger partial charge in [-0.2, -0.15) is 0 Å². The quantitative estimate of drug-likeness (QED) is 0.508. The van der Waals surface area contributed by atoms with E-state index in [9.17, 15) is 0 Å². The molecule has 0 N–H and O–H groups in total. The zero-order valence-corrected chi connectivity index (χ0v) is 7.59. The summed E-state index contributed by atoms with van der Waals surface area (Å²) in [5.74, 6) is 0. The molecule has 0 saturated carbocycles. The molecule has 0 nitrogen and oxygen atoms in total. The third-order valence-electron chi connectivity index (χ3n) is 1.93. The third kappa shape index (κ3) is 1.43. The standard InChI is InChI=1S/C10H10.Si/c1-8-6-9-4-2-3-5-10(9)7-8;/h2-6H,7H2,1H3;. The van der Waals surface area contributed by atoms with E-state index in [1.807, 2.05) is 0 Å². The average molecular weight is 158 g/mol. The van der Waals surface area contributed by atoms with E-state index in [-0.39, 0.29) is 11.0 Å². The first-order valence-electron chi connectivity index (χ1n) is 3.61. The fourth-order valence-electron chi connectivity index (χ4n) is 1.45. The first kappa shape index (κ1) is 8.28. The van der Waals surface area contributed by atoms with Gasteiger partial charge in [0.2, 0.25) is 0 Å². The maximum atomic E-state index is 2.26. The van der Waals surface area contributed by atoms with Crippen LogP contribution in [0.3, 0.4) is 0 Å². The van der Waals surface area contributed by atoms with E-state index in [1.54, 1.807) is 0 Å². The fraction of sp³-hybridized carbons (Fsp3) is 0.200. The van der Waals surface area contributed by atoms with Gasteiger partial charge in [0.05, 0.1) is 0 Å². The largest absolute Gasteiger partial charge is 0.0683 e. The van der Waals surface area contributed by atoms with E-state index in [0.717, 1.165) is 6.42 Å². The SMILES string of the molecule is CC1=Cc2ccccc2C1.[Si]. The van der Waals surface area contributed by atoms with Crippen LogP contribution in [0.5, 0.6) is 0 Å². The molecule has 1 heteroatoms. The van der Waals surface area contributed by atoms with Crippen molar-refractivity contribution >= 4 is 17.0 Å². The average Bonchev–Trinajstić information content (AvgIpc) is 2.27. The molecule has 4 radical (unpaired) electrons. The maximum absolute atomic E-state index is 2.26. The first-order valence-corrected chi connectivity index (χ1v) is 3.61. The highest BCUT2D eigenvalue weighted by molar-refractivity contribution is 5.75. The van der Waals surface area contributed by atoms with E-state index in [2.05, 4.69) is 37.3 Å². The monoisotopic (exact) mass is 158 g/mol.